The number of nitrogens with one attached hydrogen (secondary N) is 1. The van der Waals surface area contributed by atoms with Crippen LogP contribution in [0.4, 0.5) is 5.69 Å². The lowest BCUT2D eigenvalue weighted by atomic mass is 10.1. The van der Waals surface area contributed by atoms with Gasteiger partial charge < -0.3 is 14.6 Å². The van der Waals surface area contributed by atoms with Crippen molar-refractivity contribution in [3.63, 3.8) is 0 Å². The molecular weight excluding hydrogens is 266 g/mol. The standard InChI is InChI=1S/C16H15N3O2/c1-17-13-9-5-3-7-11(13)16-18-15(19-21-16)12-8-4-6-10-14(12)20-2/h3-10,17H,1-2H3. The summed E-state index contributed by atoms with van der Waals surface area (Å²) in [4.78, 5) is 4.47. The summed E-state index contributed by atoms with van der Waals surface area (Å²) in [7, 11) is 3.48. The van der Waals surface area contributed by atoms with Gasteiger partial charge in [-0.1, -0.05) is 29.4 Å². The monoisotopic (exact) mass is 281 g/mol. The van der Waals surface area contributed by atoms with Crippen LogP contribution in [-0.4, -0.2) is 24.3 Å². The Kier molecular flexibility index (Phi) is 3.55. The van der Waals surface area contributed by atoms with E-state index in [1.165, 1.54) is 0 Å². The molecule has 2 aromatic carbocycles. The van der Waals surface area contributed by atoms with Gasteiger partial charge in [-0.15, -0.1) is 0 Å². The predicted molar refractivity (Wildman–Crippen MR) is 81.3 cm³/mol. The Labute approximate surface area is 122 Å². The van der Waals surface area contributed by atoms with E-state index in [1.54, 1.807) is 7.11 Å². The third-order valence-corrected chi connectivity index (χ3v) is 3.20. The van der Waals surface area contributed by atoms with Crippen LogP contribution in [0.25, 0.3) is 22.8 Å². The topological polar surface area (TPSA) is 60.2 Å². The Hall–Kier alpha value is -2.82. The van der Waals surface area contributed by atoms with E-state index in [2.05, 4.69) is 15.5 Å². The largest absolute Gasteiger partial charge is 0.496 e. The van der Waals surface area contributed by atoms with E-state index in [4.69, 9.17) is 9.26 Å². The molecule has 5 nitrogen and oxygen atoms in total. The van der Waals surface area contributed by atoms with Crippen molar-refractivity contribution >= 4 is 5.69 Å². The second-order valence-electron chi connectivity index (χ2n) is 4.42. The number of rotatable bonds is 4. The van der Waals surface area contributed by atoms with Crippen molar-refractivity contribution in [2.75, 3.05) is 19.5 Å². The number of nitrogens with zero attached hydrogens (tertiary/aromatic N) is 2. The van der Waals surface area contributed by atoms with Crippen molar-refractivity contribution in [1.82, 2.24) is 10.1 Å². The average molecular weight is 281 g/mol. The molecule has 0 atom stereocenters. The van der Waals surface area contributed by atoms with Crippen LogP contribution in [0.2, 0.25) is 0 Å². The van der Waals surface area contributed by atoms with Crippen LogP contribution in [-0.2, 0) is 0 Å². The highest BCUT2D eigenvalue weighted by atomic mass is 16.5. The molecule has 0 aliphatic carbocycles. The minimum absolute atomic E-state index is 0.473. The van der Waals surface area contributed by atoms with Crippen LogP contribution in [0.15, 0.2) is 53.1 Å². The molecule has 0 amide bonds. The number of ether oxygens (including phenoxy) is 1. The molecule has 0 saturated heterocycles. The molecule has 5 heteroatoms. The zero-order valence-electron chi connectivity index (χ0n) is 11.8. The molecule has 0 saturated carbocycles. The van der Waals surface area contributed by atoms with Crippen LogP contribution in [0.1, 0.15) is 0 Å². The highest BCUT2D eigenvalue weighted by Crippen LogP contribution is 2.31. The SMILES string of the molecule is CNc1ccccc1-c1nc(-c2ccccc2OC)no1. The van der Waals surface area contributed by atoms with E-state index in [-0.39, 0.29) is 0 Å². The molecule has 1 heterocycles. The average Bonchev–Trinajstić information content (AvgIpc) is 3.04. The Bertz CT molecular complexity index is 691. The van der Waals surface area contributed by atoms with Crippen LogP contribution in [0.3, 0.4) is 0 Å². The van der Waals surface area contributed by atoms with Crippen LogP contribution < -0.4 is 10.1 Å². The quantitative estimate of drug-likeness (QED) is 0.793. The number of methoxy groups -OCH3 is 1. The Morgan fingerprint density at radius 1 is 1.00 bits per heavy atom. The smallest absolute Gasteiger partial charge is 0.260 e. The number of anilines is 1. The highest BCUT2D eigenvalue weighted by Gasteiger charge is 2.15. The van der Waals surface area contributed by atoms with E-state index in [0.29, 0.717) is 17.5 Å². The van der Waals surface area contributed by atoms with Crippen molar-refractivity contribution < 1.29 is 9.26 Å². The van der Waals surface area contributed by atoms with Crippen molar-refractivity contribution in [1.29, 1.82) is 0 Å². The maximum atomic E-state index is 5.39. The third-order valence-electron chi connectivity index (χ3n) is 3.20. The van der Waals surface area contributed by atoms with E-state index >= 15 is 0 Å². The van der Waals surface area contributed by atoms with E-state index < -0.39 is 0 Å². The molecule has 0 bridgehead atoms. The fraction of sp³-hybridized carbons (Fsp3) is 0.125. The second kappa shape index (κ2) is 5.66. The number of para-hydroxylation sites is 2. The maximum Gasteiger partial charge on any atom is 0.260 e. The summed E-state index contributed by atoms with van der Waals surface area (Å²) in [6.45, 7) is 0. The van der Waals surface area contributed by atoms with Gasteiger partial charge in [0.05, 0.1) is 18.2 Å². The summed E-state index contributed by atoms with van der Waals surface area (Å²) in [6, 6.07) is 15.4. The Morgan fingerprint density at radius 2 is 1.71 bits per heavy atom. The molecule has 3 aromatic rings. The highest BCUT2D eigenvalue weighted by molar-refractivity contribution is 5.73. The summed E-state index contributed by atoms with van der Waals surface area (Å²) < 4.78 is 10.7. The lowest BCUT2D eigenvalue weighted by Gasteiger charge is -2.04. The molecule has 0 fully saturated rings. The first-order chi connectivity index (χ1) is 10.3. The van der Waals surface area contributed by atoms with Gasteiger partial charge in [0.15, 0.2) is 0 Å². The molecule has 1 N–H and O–H groups in total. The zero-order chi connectivity index (χ0) is 14.7. The summed E-state index contributed by atoms with van der Waals surface area (Å²) in [5.74, 6) is 1.70. The van der Waals surface area contributed by atoms with Crippen molar-refractivity contribution in [2.45, 2.75) is 0 Å². The van der Waals surface area contributed by atoms with Crippen LogP contribution in [0.5, 0.6) is 5.75 Å². The Morgan fingerprint density at radius 3 is 2.48 bits per heavy atom. The Balaban J connectivity index is 2.04. The normalized spacial score (nSPS) is 10.4. The molecule has 106 valence electrons. The number of hydrogen-bond acceptors (Lipinski definition) is 5. The van der Waals surface area contributed by atoms with Gasteiger partial charge >= 0.3 is 0 Å². The van der Waals surface area contributed by atoms with Crippen molar-refractivity contribution in [3.8, 4) is 28.6 Å². The molecule has 0 radical (unpaired) electrons. The second-order valence-corrected chi connectivity index (χ2v) is 4.42. The summed E-state index contributed by atoms with van der Waals surface area (Å²) in [6.07, 6.45) is 0. The van der Waals surface area contributed by atoms with E-state index in [1.807, 2.05) is 55.6 Å². The van der Waals surface area contributed by atoms with Crippen LogP contribution >= 0.6 is 0 Å². The summed E-state index contributed by atoms with van der Waals surface area (Å²) in [5.41, 5.74) is 2.61. The fourth-order valence-electron chi connectivity index (χ4n) is 2.16. The molecule has 3 rings (SSSR count). The fourth-order valence-corrected chi connectivity index (χ4v) is 2.16. The summed E-state index contributed by atoms with van der Waals surface area (Å²) in [5, 5.41) is 7.17. The zero-order valence-corrected chi connectivity index (χ0v) is 11.8. The predicted octanol–water partition coefficient (Wildman–Crippen LogP) is 3.45. The van der Waals surface area contributed by atoms with Gasteiger partial charge in [0, 0.05) is 12.7 Å². The minimum Gasteiger partial charge on any atom is -0.496 e. The number of benzene rings is 2. The van der Waals surface area contributed by atoms with Gasteiger partial charge in [-0.3, -0.25) is 0 Å². The van der Waals surface area contributed by atoms with Gasteiger partial charge in [0.25, 0.3) is 5.89 Å². The molecule has 1 aromatic heterocycles. The van der Waals surface area contributed by atoms with Gasteiger partial charge in [-0.05, 0) is 24.3 Å². The first-order valence-electron chi connectivity index (χ1n) is 6.57. The van der Waals surface area contributed by atoms with E-state index in [0.717, 1.165) is 16.8 Å². The lowest BCUT2D eigenvalue weighted by Crippen LogP contribution is -1.92. The number of hydrogen-bond donors (Lipinski definition) is 1. The molecule has 21 heavy (non-hydrogen) atoms. The van der Waals surface area contributed by atoms with Crippen molar-refractivity contribution in [2.24, 2.45) is 0 Å². The molecular formula is C16H15N3O2. The van der Waals surface area contributed by atoms with Gasteiger partial charge in [0.1, 0.15) is 5.75 Å². The molecule has 0 aliphatic heterocycles. The first kappa shape index (κ1) is 13.2. The van der Waals surface area contributed by atoms with Gasteiger partial charge in [0.2, 0.25) is 5.82 Å². The van der Waals surface area contributed by atoms with Gasteiger partial charge in [-0.25, -0.2) is 0 Å². The number of aromatic nitrogens is 2. The lowest BCUT2D eigenvalue weighted by molar-refractivity contribution is 0.413. The molecule has 0 unspecified atom stereocenters. The van der Waals surface area contributed by atoms with Crippen LogP contribution in [0, 0.1) is 0 Å². The minimum atomic E-state index is 0.473. The van der Waals surface area contributed by atoms with Crippen molar-refractivity contribution in [3.05, 3.63) is 48.5 Å². The summed E-state index contributed by atoms with van der Waals surface area (Å²) >= 11 is 0. The molecule has 0 spiro atoms. The maximum absolute atomic E-state index is 5.39. The van der Waals surface area contributed by atoms with E-state index in [9.17, 15) is 0 Å². The molecule has 0 aliphatic rings. The first-order valence-corrected chi connectivity index (χ1v) is 6.57. The van der Waals surface area contributed by atoms with Gasteiger partial charge in [-0.2, -0.15) is 4.98 Å². The third kappa shape index (κ3) is 2.45.